The summed E-state index contributed by atoms with van der Waals surface area (Å²) < 4.78 is 18.7. The predicted octanol–water partition coefficient (Wildman–Crippen LogP) is 4.46. The third-order valence-corrected chi connectivity index (χ3v) is 4.57. The summed E-state index contributed by atoms with van der Waals surface area (Å²) in [6, 6.07) is 5.36. The van der Waals surface area contributed by atoms with Crippen LogP contribution in [-0.4, -0.2) is 13.7 Å². The van der Waals surface area contributed by atoms with Gasteiger partial charge in [0.15, 0.2) is 11.6 Å². The second-order valence-corrected chi connectivity index (χ2v) is 6.37. The molecule has 0 heterocycles. The van der Waals surface area contributed by atoms with E-state index in [2.05, 4.69) is 19.2 Å². The lowest BCUT2D eigenvalue weighted by Crippen LogP contribution is -2.35. The summed E-state index contributed by atoms with van der Waals surface area (Å²) in [6.07, 6.45) is 6.63. The number of ether oxygens (including phenoxy) is 1. The smallest absolute Gasteiger partial charge is 0.165 e. The second-order valence-electron chi connectivity index (χ2n) is 6.37. The van der Waals surface area contributed by atoms with Gasteiger partial charge in [-0.1, -0.05) is 32.3 Å². The van der Waals surface area contributed by atoms with Gasteiger partial charge in [-0.15, -0.1) is 0 Å². The fraction of sp³-hybridized carbons (Fsp3) is 0.647. The molecule has 20 heavy (non-hydrogen) atoms. The molecule has 0 radical (unpaired) electrons. The Bertz CT molecular complexity index is 441. The number of hydrogen-bond donors (Lipinski definition) is 1. The first-order valence-corrected chi connectivity index (χ1v) is 7.61. The molecule has 2 rings (SSSR count). The topological polar surface area (TPSA) is 21.3 Å². The van der Waals surface area contributed by atoms with Crippen molar-refractivity contribution in [3.05, 3.63) is 29.6 Å². The van der Waals surface area contributed by atoms with Gasteiger partial charge in [0.1, 0.15) is 0 Å². The van der Waals surface area contributed by atoms with Gasteiger partial charge in [0.2, 0.25) is 0 Å². The summed E-state index contributed by atoms with van der Waals surface area (Å²) in [7, 11) is 1.49. The molecule has 1 aliphatic rings. The van der Waals surface area contributed by atoms with E-state index in [-0.39, 0.29) is 11.9 Å². The van der Waals surface area contributed by atoms with Crippen molar-refractivity contribution in [1.82, 2.24) is 5.32 Å². The van der Waals surface area contributed by atoms with Crippen molar-refractivity contribution in [1.29, 1.82) is 0 Å². The van der Waals surface area contributed by atoms with Crippen LogP contribution in [0.1, 0.15) is 57.6 Å². The standard InChI is InChI=1S/C17H26FNO/c1-13(14-7-8-16(20-3)15(18)11-14)19-12-17(2)9-5-4-6-10-17/h7-8,11,13,19H,4-6,9-10,12H2,1-3H3. The molecule has 1 unspecified atom stereocenters. The van der Waals surface area contributed by atoms with Crippen molar-refractivity contribution in [2.75, 3.05) is 13.7 Å². The summed E-state index contributed by atoms with van der Waals surface area (Å²) in [6.45, 7) is 5.45. The van der Waals surface area contributed by atoms with E-state index >= 15 is 0 Å². The summed E-state index contributed by atoms with van der Waals surface area (Å²) >= 11 is 0. The Morgan fingerprint density at radius 1 is 1.30 bits per heavy atom. The summed E-state index contributed by atoms with van der Waals surface area (Å²) in [4.78, 5) is 0. The van der Waals surface area contributed by atoms with Crippen LogP contribution >= 0.6 is 0 Å². The highest BCUT2D eigenvalue weighted by molar-refractivity contribution is 5.30. The van der Waals surface area contributed by atoms with Crippen molar-refractivity contribution in [2.24, 2.45) is 5.41 Å². The Labute approximate surface area is 121 Å². The van der Waals surface area contributed by atoms with Crippen LogP contribution < -0.4 is 10.1 Å². The zero-order chi connectivity index (χ0) is 14.6. The van der Waals surface area contributed by atoms with Gasteiger partial charge in [0, 0.05) is 12.6 Å². The molecule has 0 amide bonds. The Hall–Kier alpha value is -1.09. The Kier molecular flexibility index (Phi) is 5.03. The quantitative estimate of drug-likeness (QED) is 0.859. The molecule has 1 aromatic rings. The van der Waals surface area contributed by atoms with Crippen LogP contribution in [0.15, 0.2) is 18.2 Å². The van der Waals surface area contributed by atoms with Crippen LogP contribution in [0, 0.1) is 11.2 Å². The molecular weight excluding hydrogens is 253 g/mol. The average Bonchev–Trinajstić information content (AvgIpc) is 2.45. The van der Waals surface area contributed by atoms with Gasteiger partial charge >= 0.3 is 0 Å². The maximum atomic E-state index is 13.7. The van der Waals surface area contributed by atoms with E-state index in [0.717, 1.165) is 12.1 Å². The maximum Gasteiger partial charge on any atom is 0.165 e. The molecule has 1 N–H and O–H groups in total. The molecule has 1 saturated carbocycles. The summed E-state index contributed by atoms with van der Waals surface area (Å²) in [5.41, 5.74) is 1.38. The van der Waals surface area contributed by atoms with Gasteiger partial charge in [-0.25, -0.2) is 4.39 Å². The van der Waals surface area contributed by atoms with E-state index < -0.39 is 0 Å². The molecule has 0 aromatic heterocycles. The number of nitrogens with one attached hydrogen (secondary N) is 1. The molecule has 1 aliphatic carbocycles. The fourth-order valence-electron chi connectivity index (χ4n) is 3.05. The minimum atomic E-state index is -0.289. The van der Waals surface area contributed by atoms with Crippen molar-refractivity contribution < 1.29 is 9.13 Å². The van der Waals surface area contributed by atoms with E-state index in [4.69, 9.17) is 4.74 Å². The first-order chi connectivity index (χ1) is 9.54. The number of rotatable bonds is 5. The number of hydrogen-bond acceptors (Lipinski definition) is 2. The predicted molar refractivity (Wildman–Crippen MR) is 80.6 cm³/mol. The van der Waals surface area contributed by atoms with Crippen LogP contribution in [0.25, 0.3) is 0 Å². The SMILES string of the molecule is COc1ccc(C(C)NCC2(C)CCCCC2)cc1F. The lowest BCUT2D eigenvalue weighted by Gasteiger charge is -2.35. The average molecular weight is 279 g/mol. The molecule has 0 bridgehead atoms. The van der Waals surface area contributed by atoms with Crippen LogP contribution in [0.3, 0.4) is 0 Å². The Balaban J connectivity index is 1.94. The fourth-order valence-corrected chi connectivity index (χ4v) is 3.05. The molecule has 3 heteroatoms. The molecule has 0 spiro atoms. The van der Waals surface area contributed by atoms with Gasteiger partial charge in [0.25, 0.3) is 0 Å². The van der Waals surface area contributed by atoms with Gasteiger partial charge in [-0.05, 0) is 42.9 Å². The number of methoxy groups -OCH3 is 1. The summed E-state index contributed by atoms with van der Waals surface area (Å²) in [5.74, 6) is 0.0164. The van der Waals surface area contributed by atoms with E-state index in [1.54, 1.807) is 12.1 Å². The third kappa shape index (κ3) is 3.72. The second kappa shape index (κ2) is 6.57. The zero-order valence-corrected chi connectivity index (χ0v) is 12.8. The van der Waals surface area contributed by atoms with Crippen LogP contribution in [0.5, 0.6) is 5.75 Å². The zero-order valence-electron chi connectivity index (χ0n) is 12.8. The van der Waals surface area contributed by atoms with Gasteiger partial charge in [-0.3, -0.25) is 0 Å². The third-order valence-electron chi connectivity index (χ3n) is 4.57. The Morgan fingerprint density at radius 2 is 2.00 bits per heavy atom. The van der Waals surface area contributed by atoms with Crippen molar-refractivity contribution in [3.8, 4) is 5.75 Å². The minimum absolute atomic E-state index is 0.161. The highest BCUT2D eigenvalue weighted by atomic mass is 19.1. The highest BCUT2D eigenvalue weighted by Crippen LogP contribution is 2.35. The summed E-state index contributed by atoms with van der Waals surface area (Å²) in [5, 5.41) is 3.57. The monoisotopic (exact) mass is 279 g/mol. The van der Waals surface area contributed by atoms with Crippen molar-refractivity contribution in [2.45, 2.75) is 52.0 Å². The van der Waals surface area contributed by atoms with E-state index in [0.29, 0.717) is 11.2 Å². The van der Waals surface area contributed by atoms with Gasteiger partial charge < -0.3 is 10.1 Å². The van der Waals surface area contributed by atoms with Crippen molar-refractivity contribution >= 4 is 0 Å². The van der Waals surface area contributed by atoms with E-state index in [1.807, 2.05) is 6.07 Å². The highest BCUT2D eigenvalue weighted by Gasteiger charge is 2.27. The van der Waals surface area contributed by atoms with Gasteiger partial charge in [0.05, 0.1) is 7.11 Å². The largest absolute Gasteiger partial charge is 0.494 e. The molecule has 112 valence electrons. The molecule has 1 aromatic carbocycles. The molecule has 1 atom stereocenters. The molecule has 0 aliphatic heterocycles. The van der Waals surface area contributed by atoms with Gasteiger partial charge in [-0.2, -0.15) is 0 Å². The number of halogens is 1. The minimum Gasteiger partial charge on any atom is -0.494 e. The van der Waals surface area contributed by atoms with E-state index in [9.17, 15) is 4.39 Å². The molecule has 2 nitrogen and oxygen atoms in total. The van der Waals surface area contributed by atoms with Crippen molar-refractivity contribution in [3.63, 3.8) is 0 Å². The van der Waals surface area contributed by atoms with Crippen LogP contribution in [0.2, 0.25) is 0 Å². The lowest BCUT2D eigenvalue weighted by molar-refractivity contribution is 0.202. The van der Waals surface area contributed by atoms with Crippen LogP contribution in [0.4, 0.5) is 4.39 Å². The Morgan fingerprint density at radius 3 is 2.60 bits per heavy atom. The molecule has 0 saturated heterocycles. The lowest BCUT2D eigenvalue weighted by atomic mass is 9.75. The normalized spacial score (nSPS) is 19.6. The first kappa shape index (κ1) is 15.3. The number of benzene rings is 1. The van der Waals surface area contributed by atoms with Crippen LogP contribution in [-0.2, 0) is 0 Å². The molecule has 1 fully saturated rings. The van der Waals surface area contributed by atoms with E-state index in [1.165, 1.54) is 39.2 Å². The molecular formula is C17H26FNO. The first-order valence-electron chi connectivity index (χ1n) is 7.61. The maximum absolute atomic E-state index is 13.7.